The van der Waals surface area contributed by atoms with Crippen molar-refractivity contribution in [2.24, 2.45) is 16.7 Å². The van der Waals surface area contributed by atoms with E-state index in [0.717, 1.165) is 18.4 Å². The van der Waals surface area contributed by atoms with Crippen LogP contribution in [0.15, 0.2) is 11.6 Å². The van der Waals surface area contributed by atoms with Crippen LogP contribution in [0.3, 0.4) is 0 Å². The average Bonchev–Trinajstić information content (AvgIpc) is 2.53. The summed E-state index contributed by atoms with van der Waals surface area (Å²) < 4.78 is 0. The van der Waals surface area contributed by atoms with Crippen LogP contribution in [-0.4, -0.2) is 5.78 Å². The topological polar surface area (TPSA) is 17.1 Å². The summed E-state index contributed by atoms with van der Waals surface area (Å²) in [6, 6.07) is 0. The molecular formula is C15H24O. The van der Waals surface area contributed by atoms with E-state index in [4.69, 9.17) is 0 Å². The van der Waals surface area contributed by atoms with Gasteiger partial charge in [0, 0.05) is 5.41 Å². The molecule has 2 atom stereocenters. The number of carbonyl (C=O) groups is 1. The summed E-state index contributed by atoms with van der Waals surface area (Å²) in [5, 5.41) is 0. The molecule has 0 amide bonds. The Morgan fingerprint density at radius 1 is 1.38 bits per heavy atom. The second kappa shape index (κ2) is 3.72. The molecule has 0 radical (unpaired) electrons. The van der Waals surface area contributed by atoms with E-state index in [1.807, 2.05) is 0 Å². The molecule has 0 aromatic carbocycles. The second-order valence-electron chi connectivity index (χ2n) is 6.28. The third kappa shape index (κ3) is 1.33. The quantitative estimate of drug-likeness (QED) is 0.516. The van der Waals surface area contributed by atoms with Crippen molar-refractivity contribution in [2.45, 2.75) is 59.8 Å². The van der Waals surface area contributed by atoms with Gasteiger partial charge in [-0.05, 0) is 36.2 Å². The Balaban J connectivity index is 2.26. The first-order valence-corrected chi connectivity index (χ1v) is 6.70. The highest BCUT2D eigenvalue weighted by Crippen LogP contribution is 2.65. The summed E-state index contributed by atoms with van der Waals surface area (Å²) >= 11 is 0. The van der Waals surface area contributed by atoms with Gasteiger partial charge in [0.2, 0.25) is 0 Å². The third-order valence-electron chi connectivity index (χ3n) is 5.29. The predicted octanol–water partition coefficient (Wildman–Crippen LogP) is 4.13. The molecule has 1 heteroatoms. The lowest BCUT2D eigenvalue weighted by atomic mass is 9.70. The highest BCUT2D eigenvalue weighted by molar-refractivity contribution is 6.04. The van der Waals surface area contributed by atoms with Gasteiger partial charge in [-0.15, -0.1) is 0 Å². The lowest BCUT2D eigenvalue weighted by Crippen LogP contribution is -2.32. The van der Waals surface area contributed by atoms with Crippen LogP contribution in [0.1, 0.15) is 59.8 Å². The fraction of sp³-hybridized carbons (Fsp3) is 0.800. The minimum Gasteiger partial charge on any atom is -0.294 e. The molecule has 2 fully saturated rings. The van der Waals surface area contributed by atoms with E-state index >= 15 is 0 Å². The zero-order valence-electron chi connectivity index (χ0n) is 11.1. The Bertz CT molecular complexity index is 337. The van der Waals surface area contributed by atoms with Crippen LogP contribution in [0, 0.1) is 16.7 Å². The first kappa shape index (κ1) is 11.9. The van der Waals surface area contributed by atoms with Gasteiger partial charge in [0.05, 0.1) is 0 Å². The summed E-state index contributed by atoms with van der Waals surface area (Å²) in [6.45, 7) is 8.94. The van der Waals surface area contributed by atoms with Gasteiger partial charge < -0.3 is 0 Å². The van der Waals surface area contributed by atoms with E-state index in [-0.39, 0.29) is 10.8 Å². The van der Waals surface area contributed by atoms with Crippen molar-refractivity contribution in [2.75, 3.05) is 0 Å². The van der Waals surface area contributed by atoms with Gasteiger partial charge in [-0.1, -0.05) is 46.6 Å². The van der Waals surface area contributed by atoms with Crippen LogP contribution in [0.2, 0.25) is 0 Å². The number of ketones is 1. The molecule has 90 valence electrons. The Morgan fingerprint density at radius 3 is 2.56 bits per heavy atom. The van der Waals surface area contributed by atoms with Crippen molar-refractivity contribution in [3.63, 3.8) is 0 Å². The van der Waals surface area contributed by atoms with Crippen LogP contribution in [0.5, 0.6) is 0 Å². The normalized spacial score (nSPS) is 38.6. The summed E-state index contributed by atoms with van der Waals surface area (Å²) in [7, 11) is 0. The average molecular weight is 220 g/mol. The van der Waals surface area contributed by atoms with Crippen LogP contribution >= 0.6 is 0 Å². The minimum atomic E-state index is -0.0737. The van der Waals surface area contributed by atoms with E-state index in [0.29, 0.717) is 11.7 Å². The number of allylic oxidation sites excluding steroid dienone is 2. The third-order valence-corrected chi connectivity index (χ3v) is 5.29. The number of fused-ring (bicyclic) bond motifs is 2. The van der Waals surface area contributed by atoms with Crippen molar-refractivity contribution in [1.29, 1.82) is 0 Å². The van der Waals surface area contributed by atoms with Gasteiger partial charge in [0.1, 0.15) is 0 Å². The van der Waals surface area contributed by atoms with E-state index in [1.54, 1.807) is 0 Å². The van der Waals surface area contributed by atoms with Crippen molar-refractivity contribution < 1.29 is 4.79 Å². The Kier molecular flexibility index (Phi) is 2.76. The van der Waals surface area contributed by atoms with Crippen molar-refractivity contribution in [3.05, 3.63) is 11.6 Å². The number of hydrogen-bond donors (Lipinski definition) is 0. The van der Waals surface area contributed by atoms with Crippen LogP contribution in [0.25, 0.3) is 0 Å². The maximum absolute atomic E-state index is 12.4. The molecule has 0 aromatic rings. The van der Waals surface area contributed by atoms with Gasteiger partial charge in [-0.3, -0.25) is 4.79 Å². The number of hydrogen-bond acceptors (Lipinski definition) is 1. The van der Waals surface area contributed by atoms with Crippen molar-refractivity contribution >= 4 is 5.78 Å². The van der Waals surface area contributed by atoms with Gasteiger partial charge in [-0.25, -0.2) is 0 Å². The molecule has 0 aliphatic heterocycles. The summed E-state index contributed by atoms with van der Waals surface area (Å²) in [4.78, 5) is 12.4. The highest BCUT2D eigenvalue weighted by atomic mass is 16.1. The highest BCUT2D eigenvalue weighted by Gasteiger charge is 2.63. The molecule has 0 heterocycles. The fourth-order valence-corrected chi connectivity index (χ4v) is 3.62. The zero-order chi connectivity index (χ0) is 12.0. The molecule has 2 aliphatic carbocycles. The monoisotopic (exact) mass is 220 g/mol. The predicted molar refractivity (Wildman–Crippen MR) is 67.2 cm³/mol. The molecule has 0 aromatic heterocycles. The number of unbranched alkanes of at least 4 members (excludes halogenated alkanes) is 2. The van der Waals surface area contributed by atoms with Gasteiger partial charge in [0.25, 0.3) is 0 Å². The standard InChI is InChI=1S/C15H24O/c1-5-6-7-8-11-12-9-10-15(4,13(11)16)14(12,2)3/h8,12H,5-7,9-10H2,1-4H3. The van der Waals surface area contributed by atoms with Crippen LogP contribution in [-0.2, 0) is 4.79 Å². The minimum absolute atomic E-state index is 0.0737. The molecule has 2 aliphatic rings. The molecule has 16 heavy (non-hydrogen) atoms. The summed E-state index contributed by atoms with van der Waals surface area (Å²) in [6.07, 6.45) is 8.05. The second-order valence-corrected chi connectivity index (χ2v) is 6.28. The van der Waals surface area contributed by atoms with Gasteiger partial charge in [0.15, 0.2) is 5.78 Å². The van der Waals surface area contributed by atoms with Crippen molar-refractivity contribution in [1.82, 2.24) is 0 Å². The lowest BCUT2D eigenvalue weighted by Gasteiger charge is -2.31. The fourth-order valence-electron chi connectivity index (χ4n) is 3.62. The van der Waals surface area contributed by atoms with Crippen molar-refractivity contribution in [3.8, 4) is 0 Å². The van der Waals surface area contributed by atoms with E-state index in [9.17, 15) is 4.79 Å². The molecule has 2 bridgehead atoms. The Morgan fingerprint density at radius 2 is 2.06 bits per heavy atom. The largest absolute Gasteiger partial charge is 0.294 e. The Hall–Kier alpha value is -0.590. The van der Waals surface area contributed by atoms with Crippen LogP contribution < -0.4 is 0 Å². The zero-order valence-corrected chi connectivity index (χ0v) is 11.1. The smallest absolute Gasteiger partial charge is 0.165 e. The molecule has 0 saturated heterocycles. The van der Waals surface area contributed by atoms with Gasteiger partial charge >= 0.3 is 0 Å². The maximum atomic E-state index is 12.4. The Labute approximate surface area is 99.3 Å². The first-order valence-electron chi connectivity index (χ1n) is 6.70. The molecule has 1 nitrogen and oxygen atoms in total. The molecule has 2 saturated carbocycles. The molecular weight excluding hydrogens is 196 g/mol. The SMILES string of the molecule is CCCCC=C1C(=O)C2(C)CCC1C2(C)C. The molecule has 2 rings (SSSR count). The van der Waals surface area contributed by atoms with E-state index < -0.39 is 0 Å². The van der Waals surface area contributed by atoms with Crippen LogP contribution in [0.4, 0.5) is 0 Å². The number of rotatable bonds is 3. The molecule has 0 N–H and O–H groups in total. The van der Waals surface area contributed by atoms with E-state index in [1.165, 1.54) is 19.3 Å². The maximum Gasteiger partial charge on any atom is 0.165 e. The summed E-state index contributed by atoms with van der Waals surface area (Å²) in [5.41, 5.74) is 1.27. The summed E-state index contributed by atoms with van der Waals surface area (Å²) in [5.74, 6) is 0.978. The van der Waals surface area contributed by atoms with Gasteiger partial charge in [-0.2, -0.15) is 0 Å². The van der Waals surface area contributed by atoms with E-state index in [2.05, 4.69) is 33.8 Å². The first-order chi connectivity index (χ1) is 7.45. The number of Topliss-reactive ketones (excluding diaryl/α,β-unsaturated/α-hetero) is 1. The molecule has 2 unspecified atom stereocenters. The lowest BCUT2D eigenvalue weighted by molar-refractivity contribution is -0.125. The molecule has 0 spiro atoms. The number of carbonyl (C=O) groups excluding carboxylic acids is 1.